The molecule has 2 aromatic rings. The van der Waals surface area contributed by atoms with E-state index >= 15 is 0 Å². The van der Waals surface area contributed by atoms with Crippen LogP contribution in [0.1, 0.15) is 51.9 Å². The topological polar surface area (TPSA) is 101 Å². The van der Waals surface area contributed by atoms with Crippen LogP contribution in [0.2, 0.25) is 0 Å². The summed E-state index contributed by atoms with van der Waals surface area (Å²) in [6.07, 6.45) is -4.56. The number of benzene rings is 1. The third-order valence-corrected chi connectivity index (χ3v) is 3.30. The summed E-state index contributed by atoms with van der Waals surface area (Å²) in [5, 5.41) is 8.76. The standard InChI is InChI=1S/C15H15F3N4O2/c1-7(2)10-11(12(13(19)23)22-21-10)20-14(24)8-4-3-5-9(6-8)15(16,17)18/h3-7H,1-2H3,(H2,19,23)(H,20,24)(H,21,22). The van der Waals surface area contributed by atoms with Gasteiger partial charge in [0.05, 0.1) is 16.9 Å². The molecule has 1 heterocycles. The van der Waals surface area contributed by atoms with Gasteiger partial charge in [-0.1, -0.05) is 19.9 Å². The third kappa shape index (κ3) is 3.55. The number of primary amides is 1. The Bertz CT molecular complexity index is 781. The Morgan fingerprint density at radius 1 is 1.29 bits per heavy atom. The fourth-order valence-corrected chi connectivity index (χ4v) is 2.10. The summed E-state index contributed by atoms with van der Waals surface area (Å²) in [4.78, 5) is 23.7. The number of anilines is 1. The predicted octanol–water partition coefficient (Wildman–Crippen LogP) is 2.90. The molecule has 0 saturated carbocycles. The monoisotopic (exact) mass is 340 g/mol. The molecule has 0 saturated heterocycles. The lowest BCUT2D eigenvalue weighted by Crippen LogP contribution is -2.19. The smallest absolute Gasteiger partial charge is 0.364 e. The van der Waals surface area contributed by atoms with E-state index in [0.717, 1.165) is 18.2 Å². The summed E-state index contributed by atoms with van der Waals surface area (Å²) in [5.41, 5.74) is 4.40. The molecule has 0 atom stereocenters. The molecule has 9 heteroatoms. The highest BCUT2D eigenvalue weighted by molar-refractivity contribution is 6.08. The number of nitrogens with zero attached hydrogens (tertiary/aromatic N) is 1. The number of carbonyl (C=O) groups excluding carboxylic acids is 2. The third-order valence-electron chi connectivity index (χ3n) is 3.30. The first kappa shape index (κ1) is 17.5. The molecule has 4 N–H and O–H groups in total. The van der Waals surface area contributed by atoms with Crippen LogP contribution in [0.15, 0.2) is 24.3 Å². The van der Waals surface area contributed by atoms with Crippen molar-refractivity contribution in [1.29, 1.82) is 0 Å². The Hall–Kier alpha value is -2.84. The minimum Gasteiger partial charge on any atom is -0.364 e. The molecule has 2 amide bonds. The summed E-state index contributed by atoms with van der Waals surface area (Å²) in [7, 11) is 0. The molecule has 24 heavy (non-hydrogen) atoms. The maximum atomic E-state index is 12.7. The molecule has 2 rings (SSSR count). The van der Waals surface area contributed by atoms with Crippen LogP contribution >= 0.6 is 0 Å². The molecule has 0 aliphatic heterocycles. The van der Waals surface area contributed by atoms with Gasteiger partial charge < -0.3 is 11.1 Å². The largest absolute Gasteiger partial charge is 0.416 e. The average Bonchev–Trinajstić information content (AvgIpc) is 2.90. The van der Waals surface area contributed by atoms with Crippen molar-refractivity contribution in [2.24, 2.45) is 5.73 Å². The molecular weight excluding hydrogens is 325 g/mol. The van der Waals surface area contributed by atoms with E-state index in [1.165, 1.54) is 6.07 Å². The maximum absolute atomic E-state index is 12.7. The molecule has 0 radical (unpaired) electrons. The van der Waals surface area contributed by atoms with Crippen molar-refractivity contribution in [3.05, 3.63) is 46.8 Å². The summed E-state index contributed by atoms with van der Waals surface area (Å²) in [6.45, 7) is 3.58. The lowest BCUT2D eigenvalue weighted by Gasteiger charge is -2.11. The lowest BCUT2D eigenvalue weighted by atomic mass is 10.1. The van der Waals surface area contributed by atoms with E-state index in [1.807, 2.05) is 0 Å². The van der Waals surface area contributed by atoms with Gasteiger partial charge in [0.15, 0.2) is 5.69 Å². The number of alkyl halides is 3. The van der Waals surface area contributed by atoms with Crippen LogP contribution in [0.3, 0.4) is 0 Å². The van der Waals surface area contributed by atoms with Crippen LogP contribution in [0, 0.1) is 0 Å². The number of aromatic amines is 1. The molecule has 0 aliphatic carbocycles. The van der Waals surface area contributed by atoms with E-state index in [-0.39, 0.29) is 22.9 Å². The zero-order chi connectivity index (χ0) is 18.1. The van der Waals surface area contributed by atoms with Gasteiger partial charge in [-0.25, -0.2) is 0 Å². The number of H-pyrrole nitrogens is 1. The van der Waals surface area contributed by atoms with E-state index < -0.39 is 23.6 Å². The second-order valence-corrected chi connectivity index (χ2v) is 5.41. The first-order valence-electron chi connectivity index (χ1n) is 6.98. The van der Waals surface area contributed by atoms with Crippen LogP contribution < -0.4 is 11.1 Å². The predicted molar refractivity (Wildman–Crippen MR) is 80.6 cm³/mol. The molecule has 1 aromatic carbocycles. The van der Waals surface area contributed by atoms with Crippen LogP contribution in [-0.2, 0) is 6.18 Å². The number of carbonyl (C=O) groups is 2. The highest BCUT2D eigenvalue weighted by Gasteiger charge is 2.31. The zero-order valence-corrected chi connectivity index (χ0v) is 12.9. The summed E-state index contributed by atoms with van der Waals surface area (Å²) in [5.74, 6) is -1.79. The van der Waals surface area contributed by atoms with Gasteiger partial charge in [-0.2, -0.15) is 18.3 Å². The van der Waals surface area contributed by atoms with Crippen molar-refractivity contribution in [3.63, 3.8) is 0 Å². The zero-order valence-electron chi connectivity index (χ0n) is 12.9. The SMILES string of the molecule is CC(C)c1[nH]nc(C(N)=O)c1NC(=O)c1cccc(C(F)(F)F)c1. The second kappa shape index (κ2) is 6.34. The number of amides is 2. The Morgan fingerprint density at radius 3 is 2.50 bits per heavy atom. The number of aromatic nitrogens is 2. The van der Waals surface area contributed by atoms with E-state index in [2.05, 4.69) is 15.5 Å². The molecule has 0 spiro atoms. The van der Waals surface area contributed by atoms with E-state index in [9.17, 15) is 22.8 Å². The molecule has 0 fully saturated rings. The maximum Gasteiger partial charge on any atom is 0.416 e. The summed E-state index contributed by atoms with van der Waals surface area (Å²) < 4.78 is 38.2. The fraction of sp³-hybridized carbons (Fsp3) is 0.267. The van der Waals surface area contributed by atoms with E-state index in [4.69, 9.17) is 5.73 Å². The minimum atomic E-state index is -4.56. The normalized spacial score (nSPS) is 11.6. The van der Waals surface area contributed by atoms with Crippen LogP contribution in [0.5, 0.6) is 0 Å². The van der Waals surface area contributed by atoms with Crippen molar-refractivity contribution in [2.75, 3.05) is 5.32 Å². The van der Waals surface area contributed by atoms with E-state index in [1.54, 1.807) is 13.8 Å². The number of halogens is 3. The average molecular weight is 340 g/mol. The van der Waals surface area contributed by atoms with Crippen molar-refractivity contribution < 1.29 is 22.8 Å². The minimum absolute atomic E-state index is 0.0694. The van der Waals surface area contributed by atoms with Gasteiger partial charge in [0.2, 0.25) is 0 Å². The Balaban J connectivity index is 2.37. The first-order valence-corrected chi connectivity index (χ1v) is 6.98. The summed E-state index contributed by atoms with van der Waals surface area (Å²) >= 11 is 0. The van der Waals surface area contributed by atoms with Gasteiger partial charge in [-0.05, 0) is 24.1 Å². The summed E-state index contributed by atoms with van der Waals surface area (Å²) in [6, 6.07) is 3.96. The van der Waals surface area contributed by atoms with Crippen molar-refractivity contribution in [1.82, 2.24) is 10.2 Å². The molecule has 6 nitrogen and oxygen atoms in total. The molecule has 0 aliphatic rings. The van der Waals surface area contributed by atoms with Crippen LogP contribution in [-0.4, -0.2) is 22.0 Å². The number of hydrogen-bond donors (Lipinski definition) is 3. The Morgan fingerprint density at radius 2 is 1.96 bits per heavy atom. The Labute approximate surface area is 135 Å². The number of hydrogen-bond acceptors (Lipinski definition) is 3. The molecule has 128 valence electrons. The number of rotatable bonds is 4. The van der Waals surface area contributed by atoms with E-state index in [0.29, 0.717) is 5.69 Å². The molecule has 1 aromatic heterocycles. The first-order chi connectivity index (χ1) is 11.1. The lowest BCUT2D eigenvalue weighted by molar-refractivity contribution is -0.137. The van der Waals surface area contributed by atoms with Gasteiger partial charge in [0.25, 0.3) is 11.8 Å². The van der Waals surface area contributed by atoms with Gasteiger partial charge in [0, 0.05) is 5.56 Å². The van der Waals surface area contributed by atoms with Crippen molar-refractivity contribution in [2.45, 2.75) is 25.9 Å². The molecule has 0 bridgehead atoms. The van der Waals surface area contributed by atoms with Gasteiger partial charge in [-0.15, -0.1) is 0 Å². The van der Waals surface area contributed by atoms with Gasteiger partial charge >= 0.3 is 6.18 Å². The number of nitrogens with two attached hydrogens (primary N) is 1. The van der Waals surface area contributed by atoms with Crippen LogP contribution in [0.25, 0.3) is 0 Å². The quantitative estimate of drug-likeness (QED) is 0.797. The van der Waals surface area contributed by atoms with Crippen LogP contribution in [0.4, 0.5) is 18.9 Å². The van der Waals surface area contributed by atoms with Gasteiger partial charge in [0.1, 0.15) is 0 Å². The molecule has 0 unspecified atom stereocenters. The second-order valence-electron chi connectivity index (χ2n) is 5.41. The van der Waals surface area contributed by atoms with Crippen molar-refractivity contribution >= 4 is 17.5 Å². The highest BCUT2D eigenvalue weighted by Crippen LogP contribution is 2.30. The van der Waals surface area contributed by atoms with Gasteiger partial charge in [-0.3, -0.25) is 14.7 Å². The molecular formula is C15H15F3N4O2. The highest BCUT2D eigenvalue weighted by atomic mass is 19.4. The van der Waals surface area contributed by atoms with Crippen molar-refractivity contribution in [3.8, 4) is 0 Å². The Kier molecular flexibility index (Phi) is 4.63. The fourth-order valence-electron chi connectivity index (χ4n) is 2.10. The number of nitrogens with one attached hydrogen (secondary N) is 2.